The van der Waals surface area contributed by atoms with Crippen LogP contribution < -0.4 is 3.27 Å². The summed E-state index contributed by atoms with van der Waals surface area (Å²) in [5.41, 5.74) is 8.48. The molecule has 0 unspecified atom stereocenters. The molecule has 3 rings (SSSR count). The fourth-order valence-corrected chi connectivity index (χ4v) is 8.87. The molecule has 0 atom stereocenters. The molecular formula is C21H25Cl2Zr. The number of hydrogen-bond donors (Lipinski definition) is 0. The van der Waals surface area contributed by atoms with Crippen molar-refractivity contribution in [2.24, 2.45) is 0 Å². The molecule has 1 aliphatic carbocycles. The van der Waals surface area contributed by atoms with E-state index < -0.39 is 19.4 Å². The van der Waals surface area contributed by atoms with Crippen LogP contribution in [0.5, 0.6) is 0 Å². The van der Waals surface area contributed by atoms with E-state index in [1.807, 2.05) is 0 Å². The first kappa shape index (κ1) is 18.7. The van der Waals surface area contributed by atoms with E-state index in [9.17, 15) is 0 Å². The van der Waals surface area contributed by atoms with E-state index >= 15 is 0 Å². The first-order valence-electron chi connectivity index (χ1n) is 8.48. The maximum atomic E-state index is 6.61. The number of rotatable bonds is 1. The van der Waals surface area contributed by atoms with E-state index in [4.69, 9.17) is 17.0 Å². The van der Waals surface area contributed by atoms with Crippen LogP contribution in [-0.2, 0) is 36.6 Å². The van der Waals surface area contributed by atoms with Crippen molar-refractivity contribution >= 4 is 20.3 Å². The van der Waals surface area contributed by atoms with Crippen molar-refractivity contribution in [1.82, 2.24) is 0 Å². The van der Waals surface area contributed by atoms with Gasteiger partial charge in [-0.2, -0.15) is 0 Å². The van der Waals surface area contributed by atoms with E-state index in [0.29, 0.717) is 0 Å². The molecule has 1 aliphatic rings. The molecule has 0 bridgehead atoms. The van der Waals surface area contributed by atoms with Gasteiger partial charge in [0.2, 0.25) is 0 Å². The maximum absolute atomic E-state index is 6.61. The van der Waals surface area contributed by atoms with E-state index in [0.717, 1.165) is 6.42 Å². The minimum absolute atomic E-state index is 0.0747. The predicted molar refractivity (Wildman–Crippen MR) is 103 cm³/mol. The van der Waals surface area contributed by atoms with Gasteiger partial charge in [-0.1, -0.05) is 0 Å². The molecule has 2 aromatic carbocycles. The molecule has 0 aromatic heterocycles. The van der Waals surface area contributed by atoms with Gasteiger partial charge in [-0.25, -0.2) is 0 Å². The van der Waals surface area contributed by atoms with Gasteiger partial charge in [0.25, 0.3) is 0 Å². The summed E-state index contributed by atoms with van der Waals surface area (Å²) in [6.45, 7) is 13.5. The molecule has 0 fully saturated rings. The molecule has 0 heterocycles. The molecular weight excluding hydrogens is 414 g/mol. The zero-order valence-electron chi connectivity index (χ0n) is 15.3. The Kier molecular flexibility index (Phi) is 4.87. The molecule has 2 aromatic rings. The van der Waals surface area contributed by atoms with Crippen molar-refractivity contribution in [3.63, 3.8) is 0 Å². The molecule has 0 radical (unpaired) electrons. The second kappa shape index (κ2) is 6.26. The Labute approximate surface area is 161 Å². The molecule has 0 N–H and O–H groups in total. The van der Waals surface area contributed by atoms with E-state index in [1.165, 1.54) is 36.7 Å². The molecule has 0 spiro atoms. The third-order valence-corrected chi connectivity index (χ3v) is 9.51. The third-order valence-electron chi connectivity index (χ3n) is 4.94. The molecule has 0 amide bonds. The molecule has 3 heteroatoms. The standard InChI is InChI=1S/C21H25.2ClH.Zr/c1-20(2,3)16-7-9-18-14(12-16)11-15-13-17(21(4,5)6)8-10-19(15)18;;;/h7-10,12H,11H2,1-6H3;2*1H;/q;;;+2/p-2. The van der Waals surface area contributed by atoms with Crippen LogP contribution in [0.25, 0.3) is 11.1 Å². The van der Waals surface area contributed by atoms with Crippen LogP contribution in [0.2, 0.25) is 0 Å². The Balaban J connectivity index is 2.19. The minimum atomic E-state index is -2.55. The van der Waals surface area contributed by atoms with Crippen LogP contribution in [0.1, 0.15) is 63.8 Å². The fourth-order valence-electron chi connectivity index (χ4n) is 3.58. The van der Waals surface area contributed by atoms with Gasteiger partial charge in [-0.05, 0) is 0 Å². The van der Waals surface area contributed by atoms with Crippen LogP contribution in [0.3, 0.4) is 0 Å². The second-order valence-corrected chi connectivity index (χ2v) is 16.9. The predicted octanol–water partition coefficient (Wildman–Crippen LogP) is 6.40. The molecule has 0 aliphatic heterocycles. The van der Waals surface area contributed by atoms with Gasteiger partial charge in [-0.3, -0.25) is 0 Å². The average molecular weight is 440 g/mol. The van der Waals surface area contributed by atoms with Crippen LogP contribution in [-0.4, -0.2) is 0 Å². The van der Waals surface area contributed by atoms with E-state index in [2.05, 4.69) is 71.9 Å². The second-order valence-electron chi connectivity index (χ2n) is 8.82. The van der Waals surface area contributed by atoms with Gasteiger partial charge < -0.3 is 0 Å². The number of halogens is 2. The molecule has 127 valence electrons. The summed E-state index contributed by atoms with van der Waals surface area (Å²) in [5, 5.41) is 0. The monoisotopic (exact) mass is 437 g/mol. The summed E-state index contributed by atoms with van der Waals surface area (Å²) in [5.74, 6) is 0. The number of fused-ring (bicyclic) bond motifs is 3. The Morgan fingerprint density at radius 3 is 2.00 bits per heavy atom. The topological polar surface area (TPSA) is 0 Å². The first-order valence-corrected chi connectivity index (χ1v) is 16.0. The normalized spacial score (nSPS) is 13.7. The van der Waals surface area contributed by atoms with Crippen molar-refractivity contribution in [1.29, 1.82) is 0 Å². The van der Waals surface area contributed by atoms with Gasteiger partial charge in [0.15, 0.2) is 0 Å². The Morgan fingerprint density at radius 1 is 0.833 bits per heavy atom. The summed E-state index contributed by atoms with van der Waals surface area (Å²) in [6, 6.07) is 11.5. The van der Waals surface area contributed by atoms with Gasteiger partial charge in [0.05, 0.1) is 0 Å². The molecule has 24 heavy (non-hydrogen) atoms. The summed E-state index contributed by atoms with van der Waals surface area (Å²) < 4.78 is 1.30. The van der Waals surface area contributed by atoms with E-state index in [1.54, 1.807) is 0 Å². The van der Waals surface area contributed by atoms with Crippen molar-refractivity contribution in [3.05, 3.63) is 52.6 Å². The van der Waals surface area contributed by atoms with Crippen LogP contribution in [0.15, 0.2) is 30.3 Å². The molecule has 0 saturated heterocycles. The van der Waals surface area contributed by atoms with Gasteiger partial charge >= 0.3 is 162 Å². The first-order chi connectivity index (χ1) is 11.0. The van der Waals surface area contributed by atoms with Crippen molar-refractivity contribution < 1.29 is 19.4 Å². The summed E-state index contributed by atoms with van der Waals surface area (Å²) in [6.07, 6.45) is 0.970. The van der Waals surface area contributed by atoms with Crippen molar-refractivity contribution in [2.75, 3.05) is 0 Å². The third kappa shape index (κ3) is 3.29. The average Bonchev–Trinajstić information content (AvgIpc) is 2.81. The Hall–Kier alpha value is -0.0969. The Bertz CT molecular complexity index is 793. The quantitative estimate of drug-likeness (QED) is 0.411. The fraction of sp³-hybridized carbons (Fsp3) is 0.429. The molecule has 0 nitrogen and oxygen atoms in total. The van der Waals surface area contributed by atoms with Crippen LogP contribution in [0, 0.1) is 0 Å². The van der Waals surface area contributed by atoms with Gasteiger partial charge in [-0.15, -0.1) is 0 Å². The molecule has 0 saturated carbocycles. The zero-order chi connectivity index (χ0) is 17.9. The van der Waals surface area contributed by atoms with Gasteiger partial charge in [0.1, 0.15) is 0 Å². The Morgan fingerprint density at radius 2 is 1.46 bits per heavy atom. The van der Waals surface area contributed by atoms with Crippen LogP contribution in [0.4, 0.5) is 0 Å². The van der Waals surface area contributed by atoms with Crippen molar-refractivity contribution in [3.8, 4) is 11.1 Å². The SMILES string of the molecule is CC(C)(C)c1ccc2c(c1)Cc1c-2ccc(C(C)(C)C)[c]1[Zr]([Cl])[Cl]. The summed E-state index contributed by atoms with van der Waals surface area (Å²) in [7, 11) is 13.2. The number of benzene rings is 2. The summed E-state index contributed by atoms with van der Waals surface area (Å²) >= 11 is -2.55. The van der Waals surface area contributed by atoms with E-state index in [-0.39, 0.29) is 10.8 Å². The van der Waals surface area contributed by atoms with Gasteiger partial charge in [0, 0.05) is 0 Å². The number of hydrogen-bond acceptors (Lipinski definition) is 0. The zero-order valence-corrected chi connectivity index (χ0v) is 19.3. The van der Waals surface area contributed by atoms with Crippen molar-refractivity contribution in [2.45, 2.75) is 58.8 Å². The summed E-state index contributed by atoms with van der Waals surface area (Å²) in [4.78, 5) is 0. The van der Waals surface area contributed by atoms with Crippen LogP contribution >= 0.6 is 17.0 Å².